The van der Waals surface area contributed by atoms with Crippen molar-refractivity contribution in [2.24, 2.45) is 0 Å². The van der Waals surface area contributed by atoms with Crippen LogP contribution in [0.1, 0.15) is 31.3 Å². The highest BCUT2D eigenvalue weighted by atomic mass is 32.1. The highest BCUT2D eigenvalue weighted by Crippen LogP contribution is 2.15. The average molecular weight is 181 g/mol. The van der Waals surface area contributed by atoms with Crippen molar-refractivity contribution in [2.75, 3.05) is 0 Å². The monoisotopic (exact) mass is 181 g/mol. The highest BCUT2D eigenvalue weighted by molar-refractivity contribution is 7.10. The summed E-state index contributed by atoms with van der Waals surface area (Å²) in [5.41, 5.74) is 2.84. The van der Waals surface area contributed by atoms with Crippen molar-refractivity contribution in [3.63, 3.8) is 0 Å². The number of nitrogens with zero attached hydrogens (tertiary/aromatic N) is 1. The predicted octanol–water partition coefficient (Wildman–Crippen LogP) is 3.85. The van der Waals surface area contributed by atoms with Gasteiger partial charge in [0.2, 0.25) is 0 Å². The molecule has 66 valence electrons. The number of allylic oxidation sites excluding steroid dienone is 1. The summed E-state index contributed by atoms with van der Waals surface area (Å²) in [6.45, 7) is 9.66. The van der Waals surface area contributed by atoms with Crippen LogP contribution in [-0.4, -0.2) is 4.98 Å². The molecule has 1 aromatic rings. The third kappa shape index (κ3) is 3.01. The van der Waals surface area contributed by atoms with Crippen molar-refractivity contribution in [1.29, 1.82) is 0 Å². The van der Waals surface area contributed by atoms with Gasteiger partial charge in [0.1, 0.15) is 0 Å². The van der Waals surface area contributed by atoms with Gasteiger partial charge in [-0.15, -0.1) is 11.3 Å². The molecular formula is C10H15NS. The van der Waals surface area contributed by atoms with Gasteiger partial charge in [-0.3, -0.25) is 0 Å². The molecule has 0 spiro atoms. The Balaban J connectivity index is 0.000000561. The fraction of sp³-hybridized carbons (Fsp3) is 0.300. The van der Waals surface area contributed by atoms with Crippen LogP contribution < -0.4 is 0 Å². The van der Waals surface area contributed by atoms with E-state index in [1.165, 1.54) is 0 Å². The standard InChI is InChI=1S/C8H9NS.C2H6/c1-3-5-7-8(4-2)10-6-9-7;1-2/h3-6H,2H2,1H3;1-2H3/b5-3-;. The van der Waals surface area contributed by atoms with E-state index in [0.717, 1.165) is 10.6 Å². The topological polar surface area (TPSA) is 12.9 Å². The normalized spacial score (nSPS) is 9.25. The van der Waals surface area contributed by atoms with E-state index in [0.29, 0.717) is 0 Å². The molecule has 1 rings (SSSR count). The molecule has 0 aliphatic carbocycles. The third-order valence-electron chi connectivity index (χ3n) is 1.13. The van der Waals surface area contributed by atoms with Crippen molar-refractivity contribution in [2.45, 2.75) is 20.8 Å². The van der Waals surface area contributed by atoms with Gasteiger partial charge in [0.15, 0.2) is 0 Å². The molecule has 2 heteroatoms. The number of aromatic nitrogens is 1. The van der Waals surface area contributed by atoms with Crippen LogP contribution in [0.15, 0.2) is 18.2 Å². The lowest BCUT2D eigenvalue weighted by Crippen LogP contribution is -1.71. The molecule has 1 heterocycles. The van der Waals surface area contributed by atoms with E-state index in [2.05, 4.69) is 11.6 Å². The van der Waals surface area contributed by atoms with Crippen LogP contribution in [0.2, 0.25) is 0 Å². The van der Waals surface area contributed by atoms with E-state index in [9.17, 15) is 0 Å². The number of hydrogen-bond donors (Lipinski definition) is 0. The number of hydrogen-bond acceptors (Lipinski definition) is 2. The minimum Gasteiger partial charge on any atom is -0.245 e. The first-order chi connectivity index (χ1) is 5.88. The Morgan fingerprint density at radius 1 is 1.50 bits per heavy atom. The van der Waals surface area contributed by atoms with Gasteiger partial charge in [0.05, 0.1) is 16.1 Å². The molecule has 0 fully saturated rings. The van der Waals surface area contributed by atoms with Crippen LogP contribution in [0.3, 0.4) is 0 Å². The van der Waals surface area contributed by atoms with E-state index >= 15 is 0 Å². The van der Waals surface area contributed by atoms with Crippen LogP contribution >= 0.6 is 11.3 Å². The summed E-state index contributed by atoms with van der Waals surface area (Å²) < 4.78 is 0. The highest BCUT2D eigenvalue weighted by Gasteiger charge is 1.95. The Bertz CT molecular complexity index is 248. The Kier molecular flexibility index (Phi) is 6.29. The fourth-order valence-corrected chi connectivity index (χ4v) is 1.32. The van der Waals surface area contributed by atoms with E-state index in [-0.39, 0.29) is 0 Å². The van der Waals surface area contributed by atoms with Gasteiger partial charge in [0.25, 0.3) is 0 Å². The smallest absolute Gasteiger partial charge is 0.0808 e. The van der Waals surface area contributed by atoms with Crippen molar-refractivity contribution in [3.05, 3.63) is 28.7 Å². The molecule has 12 heavy (non-hydrogen) atoms. The van der Waals surface area contributed by atoms with Crippen LogP contribution in [-0.2, 0) is 0 Å². The van der Waals surface area contributed by atoms with E-state index in [4.69, 9.17) is 0 Å². The molecule has 1 nitrogen and oxygen atoms in total. The Morgan fingerprint density at radius 3 is 2.67 bits per heavy atom. The summed E-state index contributed by atoms with van der Waals surface area (Å²) in [5.74, 6) is 0. The van der Waals surface area contributed by atoms with Gasteiger partial charge in [-0.1, -0.05) is 26.5 Å². The maximum absolute atomic E-state index is 4.14. The lowest BCUT2D eigenvalue weighted by molar-refractivity contribution is 1.37. The molecule has 0 unspecified atom stereocenters. The molecule has 0 radical (unpaired) electrons. The average Bonchev–Trinajstić information content (AvgIpc) is 2.56. The summed E-state index contributed by atoms with van der Waals surface area (Å²) >= 11 is 1.61. The van der Waals surface area contributed by atoms with Crippen LogP contribution in [0.5, 0.6) is 0 Å². The molecule has 0 aliphatic rings. The fourth-order valence-electron chi connectivity index (χ4n) is 0.700. The van der Waals surface area contributed by atoms with E-state index in [1.807, 2.05) is 44.5 Å². The summed E-state index contributed by atoms with van der Waals surface area (Å²) in [4.78, 5) is 5.27. The van der Waals surface area contributed by atoms with Crippen molar-refractivity contribution in [3.8, 4) is 0 Å². The van der Waals surface area contributed by atoms with Crippen molar-refractivity contribution in [1.82, 2.24) is 4.98 Å². The van der Waals surface area contributed by atoms with Gasteiger partial charge in [-0.05, 0) is 19.1 Å². The van der Waals surface area contributed by atoms with Crippen LogP contribution in [0, 0.1) is 0 Å². The molecule has 0 saturated heterocycles. The lowest BCUT2D eigenvalue weighted by Gasteiger charge is -1.84. The first kappa shape index (κ1) is 11.1. The summed E-state index contributed by atoms with van der Waals surface area (Å²) in [5, 5.41) is 0. The second-order valence-electron chi connectivity index (χ2n) is 1.81. The third-order valence-corrected chi connectivity index (χ3v) is 1.97. The first-order valence-electron chi connectivity index (χ1n) is 4.07. The molecule has 0 atom stereocenters. The van der Waals surface area contributed by atoms with Gasteiger partial charge in [-0.2, -0.15) is 0 Å². The van der Waals surface area contributed by atoms with Crippen molar-refractivity contribution >= 4 is 23.5 Å². The second-order valence-corrected chi connectivity index (χ2v) is 2.69. The Morgan fingerprint density at radius 2 is 2.17 bits per heavy atom. The molecule has 0 amide bonds. The largest absolute Gasteiger partial charge is 0.245 e. The summed E-state index contributed by atoms with van der Waals surface area (Å²) in [7, 11) is 0. The summed E-state index contributed by atoms with van der Waals surface area (Å²) in [6.07, 6.45) is 5.78. The molecule has 0 aliphatic heterocycles. The molecule has 0 N–H and O–H groups in total. The quantitative estimate of drug-likeness (QED) is 0.675. The molecule has 0 bridgehead atoms. The van der Waals surface area contributed by atoms with Gasteiger partial charge in [-0.25, -0.2) is 4.98 Å². The molecule has 0 saturated carbocycles. The predicted molar refractivity (Wildman–Crippen MR) is 58.3 cm³/mol. The first-order valence-corrected chi connectivity index (χ1v) is 4.95. The Labute approximate surface area is 78.5 Å². The maximum Gasteiger partial charge on any atom is 0.0808 e. The van der Waals surface area contributed by atoms with Crippen LogP contribution in [0.25, 0.3) is 12.2 Å². The second kappa shape index (κ2) is 6.80. The maximum atomic E-state index is 4.14. The molecule has 1 aromatic heterocycles. The van der Waals surface area contributed by atoms with Gasteiger partial charge in [0, 0.05) is 0 Å². The number of rotatable bonds is 2. The van der Waals surface area contributed by atoms with Crippen molar-refractivity contribution < 1.29 is 0 Å². The zero-order valence-corrected chi connectivity index (χ0v) is 8.69. The summed E-state index contributed by atoms with van der Waals surface area (Å²) in [6, 6.07) is 0. The SMILES string of the molecule is C=Cc1scnc1/C=C\C.CC. The number of thiazole rings is 1. The minimum absolute atomic E-state index is 1.02. The Hall–Kier alpha value is -0.890. The van der Waals surface area contributed by atoms with Gasteiger partial charge >= 0.3 is 0 Å². The molecule has 0 aromatic carbocycles. The molecular weight excluding hydrogens is 166 g/mol. The van der Waals surface area contributed by atoms with Gasteiger partial charge < -0.3 is 0 Å². The lowest BCUT2D eigenvalue weighted by atomic mass is 10.3. The zero-order chi connectivity index (χ0) is 9.40. The van der Waals surface area contributed by atoms with E-state index < -0.39 is 0 Å². The zero-order valence-electron chi connectivity index (χ0n) is 7.87. The minimum atomic E-state index is 1.02. The van der Waals surface area contributed by atoms with Crippen LogP contribution in [0.4, 0.5) is 0 Å². The van der Waals surface area contributed by atoms with E-state index in [1.54, 1.807) is 11.3 Å².